The molecule has 2 aromatic rings. The van der Waals surface area contributed by atoms with Crippen molar-refractivity contribution >= 4 is 17.5 Å². The van der Waals surface area contributed by atoms with Gasteiger partial charge >= 0.3 is 5.97 Å². The molecule has 6 heteroatoms. The number of piperidine rings is 1. The summed E-state index contributed by atoms with van der Waals surface area (Å²) in [5.74, 6) is -0.245. The van der Waals surface area contributed by atoms with Crippen molar-refractivity contribution in [1.29, 1.82) is 0 Å². The van der Waals surface area contributed by atoms with Gasteiger partial charge in [0.2, 0.25) is 0 Å². The first kappa shape index (κ1) is 17.5. The molecule has 0 bridgehead atoms. The van der Waals surface area contributed by atoms with E-state index in [1.54, 1.807) is 0 Å². The number of esters is 1. The van der Waals surface area contributed by atoms with E-state index < -0.39 is 0 Å². The Morgan fingerprint density at radius 1 is 1.28 bits per heavy atom. The second-order valence-electron chi connectivity index (χ2n) is 6.46. The molecule has 2 aromatic heterocycles. The van der Waals surface area contributed by atoms with Gasteiger partial charge in [-0.05, 0) is 44.7 Å². The molecule has 1 aliphatic rings. The third kappa shape index (κ3) is 3.25. The zero-order chi connectivity index (χ0) is 18.0. The van der Waals surface area contributed by atoms with E-state index >= 15 is 0 Å². The lowest BCUT2D eigenvalue weighted by atomic mass is 9.96. The monoisotopic (exact) mass is 343 g/mol. The van der Waals surface area contributed by atoms with Gasteiger partial charge in [0.15, 0.2) is 0 Å². The molecular formula is C19H25N3O3. The van der Waals surface area contributed by atoms with Crippen molar-refractivity contribution in [2.45, 2.75) is 40.0 Å². The van der Waals surface area contributed by atoms with Gasteiger partial charge in [-0.3, -0.25) is 14.0 Å². The van der Waals surface area contributed by atoms with Crippen molar-refractivity contribution < 1.29 is 14.3 Å². The summed E-state index contributed by atoms with van der Waals surface area (Å²) in [5, 5.41) is 0. The van der Waals surface area contributed by atoms with E-state index in [-0.39, 0.29) is 17.8 Å². The standard InChI is InChI=1S/C19H25N3O3/c1-4-15-16(22-10-6-7-13(3)17(22)20-15)18(23)21-11-8-14(9-12-21)19(24)25-5-2/h6-7,10,14H,4-5,8-9,11-12H2,1-3H3. The summed E-state index contributed by atoms with van der Waals surface area (Å²) in [5.41, 5.74) is 3.36. The molecule has 0 unspecified atom stereocenters. The summed E-state index contributed by atoms with van der Waals surface area (Å²) in [7, 11) is 0. The van der Waals surface area contributed by atoms with E-state index in [0.29, 0.717) is 44.7 Å². The predicted molar refractivity (Wildman–Crippen MR) is 94.6 cm³/mol. The van der Waals surface area contributed by atoms with Crippen molar-refractivity contribution in [3.05, 3.63) is 35.3 Å². The van der Waals surface area contributed by atoms with Gasteiger partial charge in [0, 0.05) is 19.3 Å². The van der Waals surface area contributed by atoms with Gasteiger partial charge in [0.05, 0.1) is 18.2 Å². The zero-order valence-corrected chi connectivity index (χ0v) is 15.1. The van der Waals surface area contributed by atoms with E-state index in [0.717, 1.165) is 16.9 Å². The van der Waals surface area contributed by atoms with Crippen molar-refractivity contribution in [3.63, 3.8) is 0 Å². The van der Waals surface area contributed by atoms with Gasteiger partial charge in [-0.1, -0.05) is 13.0 Å². The maximum atomic E-state index is 13.1. The van der Waals surface area contributed by atoms with Gasteiger partial charge in [-0.15, -0.1) is 0 Å². The molecule has 0 N–H and O–H groups in total. The first-order chi connectivity index (χ1) is 12.1. The Morgan fingerprint density at radius 2 is 2.00 bits per heavy atom. The average molecular weight is 343 g/mol. The normalized spacial score (nSPS) is 15.6. The fraction of sp³-hybridized carbons (Fsp3) is 0.526. The highest BCUT2D eigenvalue weighted by Gasteiger charge is 2.31. The van der Waals surface area contributed by atoms with Crippen LogP contribution in [0.5, 0.6) is 0 Å². The molecule has 1 fully saturated rings. The number of rotatable bonds is 4. The number of carbonyl (C=O) groups excluding carboxylic acids is 2. The molecule has 3 rings (SSSR count). The van der Waals surface area contributed by atoms with Crippen LogP contribution in [0.25, 0.3) is 5.65 Å². The van der Waals surface area contributed by atoms with E-state index in [1.807, 2.05) is 48.4 Å². The molecule has 0 aromatic carbocycles. The number of fused-ring (bicyclic) bond motifs is 1. The molecule has 0 saturated carbocycles. The van der Waals surface area contributed by atoms with Crippen LogP contribution in [0.3, 0.4) is 0 Å². The first-order valence-corrected chi connectivity index (χ1v) is 8.99. The number of imidazole rings is 1. The Morgan fingerprint density at radius 3 is 2.64 bits per heavy atom. The van der Waals surface area contributed by atoms with Crippen LogP contribution >= 0.6 is 0 Å². The quantitative estimate of drug-likeness (QED) is 0.801. The lowest BCUT2D eigenvalue weighted by molar-refractivity contribution is -0.149. The molecule has 25 heavy (non-hydrogen) atoms. The Kier molecular flexibility index (Phi) is 5.06. The Balaban J connectivity index is 1.82. The van der Waals surface area contributed by atoms with E-state index in [1.165, 1.54) is 0 Å². The van der Waals surface area contributed by atoms with Gasteiger partial charge in [-0.2, -0.15) is 0 Å². The molecule has 1 saturated heterocycles. The molecule has 3 heterocycles. The van der Waals surface area contributed by atoms with Gasteiger partial charge in [0.1, 0.15) is 11.3 Å². The summed E-state index contributed by atoms with van der Waals surface area (Å²) in [6.07, 6.45) is 3.91. The van der Waals surface area contributed by atoms with E-state index in [9.17, 15) is 9.59 Å². The number of hydrogen-bond donors (Lipinski definition) is 0. The molecular weight excluding hydrogens is 318 g/mol. The number of aromatic nitrogens is 2. The number of nitrogens with zero attached hydrogens (tertiary/aromatic N) is 3. The number of hydrogen-bond acceptors (Lipinski definition) is 4. The van der Waals surface area contributed by atoms with Gasteiger partial charge < -0.3 is 9.64 Å². The van der Waals surface area contributed by atoms with Crippen molar-refractivity contribution in [2.75, 3.05) is 19.7 Å². The molecule has 1 amide bonds. The van der Waals surface area contributed by atoms with Crippen LogP contribution in [-0.2, 0) is 16.0 Å². The lowest BCUT2D eigenvalue weighted by Crippen LogP contribution is -2.41. The van der Waals surface area contributed by atoms with Crippen LogP contribution in [0, 0.1) is 12.8 Å². The van der Waals surface area contributed by atoms with Crippen molar-refractivity contribution in [3.8, 4) is 0 Å². The highest BCUT2D eigenvalue weighted by Crippen LogP contribution is 2.23. The predicted octanol–water partition coefficient (Wildman–Crippen LogP) is 2.62. The minimum absolute atomic E-state index is 0.00254. The maximum Gasteiger partial charge on any atom is 0.309 e. The Bertz CT molecular complexity index is 789. The number of pyridine rings is 1. The van der Waals surface area contributed by atoms with Crippen LogP contribution in [0.15, 0.2) is 18.3 Å². The largest absolute Gasteiger partial charge is 0.466 e. The highest BCUT2D eigenvalue weighted by molar-refractivity contribution is 5.95. The first-order valence-electron chi connectivity index (χ1n) is 8.99. The second kappa shape index (κ2) is 7.25. The number of aryl methyl sites for hydroxylation is 2. The Labute approximate surface area is 147 Å². The van der Waals surface area contributed by atoms with E-state index in [2.05, 4.69) is 4.98 Å². The molecule has 0 aliphatic carbocycles. The third-order valence-corrected chi connectivity index (χ3v) is 4.86. The number of amides is 1. The molecule has 0 atom stereocenters. The topological polar surface area (TPSA) is 63.9 Å². The summed E-state index contributed by atoms with van der Waals surface area (Å²) < 4.78 is 7.00. The lowest BCUT2D eigenvalue weighted by Gasteiger charge is -2.31. The van der Waals surface area contributed by atoms with Crippen LogP contribution in [0.4, 0.5) is 0 Å². The third-order valence-electron chi connectivity index (χ3n) is 4.86. The molecule has 0 radical (unpaired) electrons. The summed E-state index contributed by atoms with van der Waals surface area (Å²) in [6.45, 7) is 7.38. The average Bonchev–Trinajstić information content (AvgIpc) is 3.01. The number of carbonyl (C=O) groups is 2. The maximum absolute atomic E-state index is 13.1. The summed E-state index contributed by atoms with van der Waals surface area (Å²) in [4.78, 5) is 31.5. The fourth-order valence-electron chi connectivity index (χ4n) is 3.45. The molecule has 6 nitrogen and oxygen atoms in total. The van der Waals surface area contributed by atoms with Gasteiger partial charge in [-0.25, -0.2) is 4.98 Å². The fourth-order valence-corrected chi connectivity index (χ4v) is 3.45. The van der Waals surface area contributed by atoms with Crippen LogP contribution < -0.4 is 0 Å². The number of likely N-dealkylation sites (tertiary alicyclic amines) is 1. The minimum Gasteiger partial charge on any atom is -0.466 e. The Hall–Kier alpha value is -2.37. The highest BCUT2D eigenvalue weighted by atomic mass is 16.5. The molecule has 134 valence electrons. The number of ether oxygens (including phenoxy) is 1. The minimum atomic E-state index is -0.144. The van der Waals surface area contributed by atoms with Crippen molar-refractivity contribution in [1.82, 2.24) is 14.3 Å². The summed E-state index contributed by atoms with van der Waals surface area (Å²) in [6, 6.07) is 3.94. The zero-order valence-electron chi connectivity index (χ0n) is 15.1. The van der Waals surface area contributed by atoms with Crippen LogP contribution in [-0.4, -0.2) is 45.9 Å². The molecule has 1 aliphatic heterocycles. The van der Waals surface area contributed by atoms with Gasteiger partial charge in [0.25, 0.3) is 5.91 Å². The summed E-state index contributed by atoms with van der Waals surface area (Å²) >= 11 is 0. The molecule has 0 spiro atoms. The second-order valence-corrected chi connectivity index (χ2v) is 6.46. The smallest absolute Gasteiger partial charge is 0.309 e. The SMILES string of the molecule is CCOC(=O)C1CCN(C(=O)c2c(CC)nc3c(C)cccn23)CC1. The van der Waals surface area contributed by atoms with Crippen molar-refractivity contribution in [2.24, 2.45) is 5.92 Å². The van der Waals surface area contributed by atoms with Crippen LogP contribution in [0.2, 0.25) is 0 Å². The van der Waals surface area contributed by atoms with E-state index in [4.69, 9.17) is 4.74 Å². The van der Waals surface area contributed by atoms with Crippen LogP contribution in [0.1, 0.15) is 48.4 Å².